The van der Waals surface area contributed by atoms with Crippen LogP contribution in [0.2, 0.25) is 0 Å². The Kier molecular flexibility index (Phi) is 3.96. The molecule has 110 valence electrons. The van der Waals surface area contributed by atoms with Crippen molar-refractivity contribution < 1.29 is 9.18 Å². The molecule has 0 atom stereocenters. The van der Waals surface area contributed by atoms with Crippen molar-refractivity contribution in [1.82, 2.24) is 9.97 Å². The van der Waals surface area contributed by atoms with Crippen molar-refractivity contribution in [3.63, 3.8) is 0 Å². The lowest BCUT2D eigenvalue weighted by molar-refractivity contribution is -0.115. The Morgan fingerprint density at radius 2 is 1.91 bits per heavy atom. The monoisotopic (exact) mass is 295 g/mol. The van der Waals surface area contributed by atoms with Crippen LogP contribution in [0.15, 0.2) is 60.9 Å². The first-order chi connectivity index (χ1) is 10.7. The summed E-state index contributed by atoms with van der Waals surface area (Å²) in [6.45, 7) is 0. The molecule has 1 heterocycles. The van der Waals surface area contributed by atoms with E-state index >= 15 is 0 Å². The smallest absolute Gasteiger partial charge is 0.228 e. The van der Waals surface area contributed by atoms with Gasteiger partial charge >= 0.3 is 0 Å². The minimum Gasteiger partial charge on any atom is -0.345 e. The Labute approximate surface area is 127 Å². The number of amides is 1. The molecular formula is C17H14FN3O. The van der Waals surface area contributed by atoms with Crippen molar-refractivity contribution in [1.29, 1.82) is 0 Å². The zero-order valence-corrected chi connectivity index (χ0v) is 11.7. The average molecular weight is 295 g/mol. The number of carbonyl (C=O) groups excluding carboxylic acids is 1. The second-order valence-corrected chi connectivity index (χ2v) is 4.83. The van der Waals surface area contributed by atoms with Gasteiger partial charge < -0.3 is 10.3 Å². The van der Waals surface area contributed by atoms with Gasteiger partial charge in [0, 0.05) is 23.6 Å². The summed E-state index contributed by atoms with van der Waals surface area (Å²) < 4.78 is 13.5. The number of hydrogen-bond donors (Lipinski definition) is 2. The van der Waals surface area contributed by atoms with E-state index in [1.165, 1.54) is 6.07 Å². The topological polar surface area (TPSA) is 57.8 Å². The van der Waals surface area contributed by atoms with Crippen LogP contribution < -0.4 is 5.32 Å². The normalized spacial score (nSPS) is 10.4. The summed E-state index contributed by atoms with van der Waals surface area (Å²) in [4.78, 5) is 19.1. The molecule has 2 N–H and O–H groups in total. The molecule has 0 aliphatic rings. The third-order valence-corrected chi connectivity index (χ3v) is 3.25. The molecule has 0 aliphatic carbocycles. The van der Waals surface area contributed by atoms with E-state index < -0.39 is 0 Å². The van der Waals surface area contributed by atoms with Crippen molar-refractivity contribution in [2.75, 3.05) is 5.32 Å². The molecule has 0 saturated heterocycles. The number of carbonyl (C=O) groups is 1. The first kappa shape index (κ1) is 14.0. The number of imidazole rings is 1. The molecule has 0 aliphatic heterocycles. The molecule has 0 fully saturated rings. The van der Waals surface area contributed by atoms with Crippen molar-refractivity contribution in [3.05, 3.63) is 72.3 Å². The van der Waals surface area contributed by atoms with Crippen LogP contribution in [0.4, 0.5) is 10.1 Å². The fraction of sp³-hybridized carbons (Fsp3) is 0.0588. The van der Waals surface area contributed by atoms with Gasteiger partial charge in [-0.3, -0.25) is 4.79 Å². The zero-order chi connectivity index (χ0) is 15.4. The van der Waals surface area contributed by atoms with Crippen LogP contribution in [-0.4, -0.2) is 15.9 Å². The highest BCUT2D eigenvalue weighted by atomic mass is 19.1. The fourth-order valence-corrected chi connectivity index (χ4v) is 2.15. The van der Waals surface area contributed by atoms with E-state index in [9.17, 15) is 9.18 Å². The van der Waals surface area contributed by atoms with Gasteiger partial charge in [0.2, 0.25) is 5.91 Å². The number of benzene rings is 2. The maximum atomic E-state index is 13.5. The molecule has 0 radical (unpaired) electrons. The second kappa shape index (κ2) is 6.22. The van der Waals surface area contributed by atoms with Crippen molar-refractivity contribution in [3.8, 4) is 11.4 Å². The molecule has 4 nitrogen and oxygen atoms in total. The highest BCUT2D eigenvalue weighted by Gasteiger charge is 2.08. The molecule has 0 bridgehead atoms. The molecule has 0 saturated carbocycles. The lowest BCUT2D eigenvalue weighted by Crippen LogP contribution is -2.15. The standard InChI is InChI=1S/C17H14FN3O/c18-15-4-2-1-3-13(15)11-16(22)21-14-7-5-12(6-8-14)17-19-9-10-20-17/h1-10H,11H2,(H,19,20)(H,21,22). The molecule has 1 amide bonds. The molecular weight excluding hydrogens is 281 g/mol. The molecule has 0 unspecified atom stereocenters. The summed E-state index contributed by atoms with van der Waals surface area (Å²) in [5, 5.41) is 2.75. The first-order valence-electron chi connectivity index (χ1n) is 6.85. The van der Waals surface area contributed by atoms with Gasteiger partial charge in [-0.15, -0.1) is 0 Å². The minimum atomic E-state index is -0.370. The zero-order valence-electron chi connectivity index (χ0n) is 11.7. The summed E-state index contributed by atoms with van der Waals surface area (Å²) in [5.74, 6) is 0.144. The average Bonchev–Trinajstić information content (AvgIpc) is 3.05. The molecule has 0 spiro atoms. The van der Waals surface area contributed by atoms with Crippen LogP contribution in [0, 0.1) is 5.82 Å². The third-order valence-electron chi connectivity index (χ3n) is 3.25. The predicted molar refractivity (Wildman–Crippen MR) is 82.8 cm³/mol. The Morgan fingerprint density at radius 1 is 1.14 bits per heavy atom. The van der Waals surface area contributed by atoms with E-state index in [2.05, 4.69) is 15.3 Å². The molecule has 3 rings (SSSR count). The lowest BCUT2D eigenvalue weighted by Gasteiger charge is -2.06. The molecule has 2 aromatic carbocycles. The molecule has 1 aromatic heterocycles. The van der Waals surface area contributed by atoms with Gasteiger partial charge in [-0.1, -0.05) is 18.2 Å². The van der Waals surface area contributed by atoms with Gasteiger partial charge in [-0.05, 0) is 35.9 Å². The number of aromatic amines is 1. The van der Waals surface area contributed by atoms with Gasteiger partial charge in [0.15, 0.2) is 0 Å². The molecule has 5 heteroatoms. The predicted octanol–water partition coefficient (Wildman–Crippen LogP) is 3.40. The lowest BCUT2D eigenvalue weighted by atomic mass is 10.1. The quantitative estimate of drug-likeness (QED) is 0.775. The number of nitrogens with one attached hydrogen (secondary N) is 2. The summed E-state index contributed by atoms with van der Waals surface area (Å²) in [6.07, 6.45) is 3.44. The van der Waals surface area contributed by atoms with Gasteiger partial charge in [-0.2, -0.15) is 0 Å². The summed E-state index contributed by atoms with van der Waals surface area (Å²) in [7, 11) is 0. The van der Waals surface area contributed by atoms with Crippen LogP contribution in [0.5, 0.6) is 0 Å². The number of anilines is 1. The summed E-state index contributed by atoms with van der Waals surface area (Å²) >= 11 is 0. The van der Waals surface area contributed by atoms with E-state index in [0.717, 1.165) is 11.4 Å². The SMILES string of the molecule is O=C(Cc1ccccc1F)Nc1ccc(-c2ncc[nH]2)cc1. The summed E-state index contributed by atoms with van der Waals surface area (Å²) in [5.41, 5.74) is 1.97. The highest BCUT2D eigenvalue weighted by Crippen LogP contribution is 2.18. The van der Waals surface area contributed by atoms with Crippen LogP contribution in [0.3, 0.4) is 0 Å². The van der Waals surface area contributed by atoms with E-state index in [1.54, 1.807) is 42.7 Å². The fourth-order valence-electron chi connectivity index (χ4n) is 2.15. The minimum absolute atomic E-state index is 0.00656. The highest BCUT2D eigenvalue weighted by molar-refractivity contribution is 5.92. The number of hydrogen-bond acceptors (Lipinski definition) is 2. The Balaban J connectivity index is 1.66. The van der Waals surface area contributed by atoms with Gasteiger partial charge in [0.25, 0.3) is 0 Å². The maximum absolute atomic E-state index is 13.5. The first-order valence-corrected chi connectivity index (χ1v) is 6.85. The van der Waals surface area contributed by atoms with E-state index in [1.807, 2.05) is 12.1 Å². The summed E-state index contributed by atoms with van der Waals surface area (Å²) in [6, 6.07) is 13.6. The van der Waals surface area contributed by atoms with Crippen LogP contribution in [0.1, 0.15) is 5.56 Å². The van der Waals surface area contributed by atoms with Gasteiger partial charge in [0.05, 0.1) is 6.42 Å². The van der Waals surface area contributed by atoms with E-state index in [4.69, 9.17) is 0 Å². The molecule has 3 aromatic rings. The number of rotatable bonds is 4. The Bertz CT molecular complexity index is 767. The van der Waals surface area contributed by atoms with Gasteiger partial charge in [-0.25, -0.2) is 9.37 Å². The van der Waals surface area contributed by atoms with Crippen LogP contribution in [0.25, 0.3) is 11.4 Å². The Morgan fingerprint density at radius 3 is 2.59 bits per heavy atom. The number of aromatic nitrogens is 2. The maximum Gasteiger partial charge on any atom is 0.228 e. The van der Waals surface area contributed by atoms with Crippen molar-refractivity contribution in [2.24, 2.45) is 0 Å². The van der Waals surface area contributed by atoms with Crippen molar-refractivity contribution in [2.45, 2.75) is 6.42 Å². The molecule has 22 heavy (non-hydrogen) atoms. The van der Waals surface area contributed by atoms with Crippen LogP contribution in [-0.2, 0) is 11.2 Å². The third kappa shape index (κ3) is 3.20. The van der Waals surface area contributed by atoms with Crippen LogP contribution >= 0.6 is 0 Å². The number of nitrogens with zero attached hydrogens (tertiary/aromatic N) is 1. The number of halogens is 1. The van der Waals surface area contributed by atoms with E-state index in [-0.39, 0.29) is 18.1 Å². The van der Waals surface area contributed by atoms with E-state index in [0.29, 0.717) is 11.3 Å². The van der Waals surface area contributed by atoms with Gasteiger partial charge in [0.1, 0.15) is 11.6 Å². The Hall–Kier alpha value is -2.95. The van der Waals surface area contributed by atoms with Crippen molar-refractivity contribution >= 4 is 11.6 Å². The second-order valence-electron chi connectivity index (χ2n) is 4.83. The largest absolute Gasteiger partial charge is 0.345 e. The number of H-pyrrole nitrogens is 1.